The molecular formula is C14H18N2O2S. The number of unbranched alkanes of at least 4 members (excludes halogenated alkanes) is 1. The number of aryl methyl sites for hydroxylation is 2. The molecule has 0 spiro atoms. The number of benzene rings is 1. The second-order valence-corrected chi connectivity index (χ2v) is 5.47. The number of carboxylic acid groups (broad SMARTS) is 1. The maximum absolute atomic E-state index is 10.7. The number of aliphatic carboxylic acids is 1. The van der Waals surface area contributed by atoms with E-state index in [0.717, 1.165) is 41.1 Å². The number of para-hydroxylation sites is 1. The van der Waals surface area contributed by atoms with Crippen LogP contribution in [0, 0.1) is 6.92 Å². The molecule has 0 radical (unpaired) electrons. The van der Waals surface area contributed by atoms with Crippen molar-refractivity contribution in [3.63, 3.8) is 0 Å². The van der Waals surface area contributed by atoms with E-state index in [9.17, 15) is 4.79 Å². The van der Waals surface area contributed by atoms with Gasteiger partial charge >= 0.3 is 5.97 Å². The lowest BCUT2D eigenvalue weighted by molar-refractivity contribution is -0.133. The van der Waals surface area contributed by atoms with Gasteiger partial charge in [0.1, 0.15) is 0 Å². The van der Waals surface area contributed by atoms with Crippen LogP contribution in [0.2, 0.25) is 0 Å². The molecule has 1 aromatic carbocycles. The quantitative estimate of drug-likeness (QED) is 0.824. The summed E-state index contributed by atoms with van der Waals surface area (Å²) in [6.45, 7) is 5.07. The molecule has 102 valence electrons. The van der Waals surface area contributed by atoms with Gasteiger partial charge in [0.15, 0.2) is 5.16 Å². The fourth-order valence-corrected chi connectivity index (χ4v) is 2.79. The second-order valence-electron chi connectivity index (χ2n) is 4.52. The third-order valence-corrected chi connectivity index (χ3v) is 3.97. The van der Waals surface area contributed by atoms with Crippen molar-refractivity contribution in [3.05, 3.63) is 23.8 Å². The fourth-order valence-electron chi connectivity index (χ4n) is 2.03. The van der Waals surface area contributed by atoms with Gasteiger partial charge in [-0.1, -0.05) is 37.2 Å². The summed E-state index contributed by atoms with van der Waals surface area (Å²) in [7, 11) is 0. The molecule has 4 nitrogen and oxygen atoms in total. The maximum Gasteiger partial charge on any atom is 0.313 e. The molecule has 0 saturated heterocycles. The van der Waals surface area contributed by atoms with Crippen LogP contribution in [0.3, 0.4) is 0 Å². The highest BCUT2D eigenvalue weighted by atomic mass is 32.2. The van der Waals surface area contributed by atoms with Crippen LogP contribution in [0.4, 0.5) is 0 Å². The topological polar surface area (TPSA) is 55.1 Å². The Labute approximate surface area is 116 Å². The Bertz CT molecular complexity index is 592. The Morgan fingerprint density at radius 2 is 2.26 bits per heavy atom. The molecule has 0 aliphatic heterocycles. The molecule has 5 heteroatoms. The molecule has 0 bridgehead atoms. The zero-order valence-electron chi connectivity index (χ0n) is 11.2. The van der Waals surface area contributed by atoms with Gasteiger partial charge in [0, 0.05) is 6.54 Å². The third-order valence-electron chi connectivity index (χ3n) is 3.01. The highest BCUT2D eigenvalue weighted by Gasteiger charge is 2.13. The van der Waals surface area contributed by atoms with Crippen molar-refractivity contribution in [2.24, 2.45) is 0 Å². The van der Waals surface area contributed by atoms with E-state index in [0.29, 0.717) is 0 Å². The summed E-state index contributed by atoms with van der Waals surface area (Å²) in [4.78, 5) is 15.3. The van der Waals surface area contributed by atoms with Gasteiger partial charge in [-0.15, -0.1) is 0 Å². The van der Waals surface area contributed by atoms with Crippen molar-refractivity contribution in [2.75, 3.05) is 5.75 Å². The SMILES string of the molecule is CCCCn1c(SCC(=O)O)nc2c(C)cccc21. The molecular weight excluding hydrogens is 260 g/mol. The lowest BCUT2D eigenvalue weighted by Gasteiger charge is -2.07. The van der Waals surface area contributed by atoms with Crippen molar-refractivity contribution in [1.82, 2.24) is 9.55 Å². The number of rotatable bonds is 6. The normalized spacial score (nSPS) is 11.1. The summed E-state index contributed by atoms with van der Waals surface area (Å²) >= 11 is 1.29. The number of hydrogen-bond donors (Lipinski definition) is 1. The lowest BCUT2D eigenvalue weighted by atomic mass is 10.2. The average molecular weight is 278 g/mol. The summed E-state index contributed by atoms with van der Waals surface area (Å²) in [5, 5.41) is 9.62. The number of fused-ring (bicyclic) bond motifs is 1. The van der Waals surface area contributed by atoms with Crippen molar-refractivity contribution in [2.45, 2.75) is 38.4 Å². The first kappa shape index (κ1) is 13.9. The Morgan fingerprint density at radius 3 is 2.95 bits per heavy atom. The Balaban J connectivity index is 2.41. The number of imidazole rings is 1. The first-order valence-electron chi connectivity index (χ1n) is 6.44. The van der Waals surface area contributed by atoms with Gasteiger partial charge in [0.2, 0.25) is 0 Å². The predicted molar refractivity (Wildman–Crippen MR) is 77.7 cm³/mol. The predicted octanol–water partition coefficient (Wildman–Crippen LogP) is 3.32. The average Bonchev–Trinajstić information content (AvgIpc) is 2.73. The minimum atomic E-state index is -0.809. The molecule has 0 unspecified atom stereocenters. The number of thioether (sulfide) groups is 1. The molecule has 0 aliphatic rings. The number of carbonyl (C=O) groups is 1. The van der Waals surface area contributed by atoms with E-state index in [-0.39, 0.29) is 5.75 Å². The zero-order valence-corrected chi connectivity index (χ0v) is 12.0. The van der Waals surface area contributed by atoms with E-state index in [1.165, 1.54) is 11.8 Å². The summed E-state index contributed by atoms with van der Waals surface area (Å²) in [6.07, 6.45) is 2.18. The standard InChI is InChI=1S/C14H18N2O2S/c1-3-4-8-16-11-7-5-6-10(2)13(11)15-14(16)19-9-12(17)18/h5-7H,3-4,8-9H2,1-2H3,(H,17,18). The van der Waals surface area contributed by atoms with Gasteiger partial charge in [-0.25, -0.2) is 4.98 Å². The van der Waals surface area contributed by atoms with Crippen LogP contribution in [0.1, 0.15) is 25.3 Å². The monoisotopic (exact) mass is 278 g/mol. The van der Waals surface area contributed by atoms with Crippen molar-refractivity contribution in [1.29, 1.82) is 0 Å². The molecule has 0 fully saturated rings. The van der Waals surface area contributed by atoms with Gasteiger partial charge in [-0.05, 0) is 25.0 Å². The smallest absolute Gasteiger partial charge is 0.313 e. The molecule has 0 aliphatic carbocycles. The number of aromatic nitrogens is 2. The minimum absolute atomic E-state index is 0.0501. The van der Waals surface area contributed by atoms with Crippen molar-refractivity contribution < 1.29 is 9.90 Å². The molecule has 2 rings (SSSR count). The summed E-state index contributed by atoms with van der Waals surface area (Å²) in [5.74, 6) is -0.759. The van der Waals surface area contributed by atoms with Crippen LogP contribution in [0.25, 0.3) is 11.0 Å². The van der Waals surface area contributed by atoms with Crippen LogP contribution in [-0.4, -0.2) is 26.4 Å². The molecule has 2 aromatic rings. The van der Waals surface area contributed by atoms with Crippen LogP contribution in [0.5, 0.6) is 0 Å². The van der Waals surface area contributed by atoms with Gasteiger partial charge in [-0.2, -0.15) is 0 Å². The minimum Gasteiger partial charge on any atom is -0.481 e. The number of nitrogens with zero attached hydrogens (tertiary/aromatic N) is 2. The maximum atomic E-state index is 10.7. The van der Waals surface area contributed by atoms with Crippen molar-refractivity contribution >= 4 is 28.8 Å². The Morgan fingerprint density at radius 1 is 1.47 bits per heavy atom. The molecule has 1 heterocycles. The molecule has 0 saturated carbocycles. The first-order chi connectivity index (χ1) is 9.13. The lowest BCUT2D eigenvalue weighted by Crippen LogP contribution is -2.03. The Kier molecular flexibility index (Phi) is 4.47. The zero-order chi connectivity index (χ0) is 13.8. The molecule has 0 atom stereocenters. The van der Waals surface area contributed by atoms with Gasteiger partial charge in [0.05, 0.1) is 16.8 Å². The van der Waals surface area contributed by atoms with Crippen molar-refractivity contribution in [3.8, 4) is 0 Å². The largest absolute Gasteiger partial charge is 0.481 e. The summed E-state index contributed by atoms with van der Waals surface area (Å²) in [6, 6.07) is 6.11. The third kappa shape index (κ3) is 3.10. The van der Waals surface area contributed by atoms with Gasteiger partial charge in [-0.3, -0.25) is 4.79 Å². The molecule has 19 heavy (non-hydrogen) atoms. The van der Waals surface area contributed by atoms with E-state index >= 15 is 0 Å². The van der Waals surface area contributed by atoms with E-state index in [1.807, 2.05) is 19.1 Å². The van der Waals surface area contributed by atoms with Gasteiger partial charge in [0.25, 0.3) is 0 Å². The van der Waals surface area contributed by atoms with E-state index in [1.54, 1.807) is 0 Å². The Hall–Kier alpha value is -1.49. The van der Waals surface area contributed by atoms with E-state index < -0.39 is 5.97 Å². The summed E-state index contributed by atoms with van der Waals surface area (Å²) < 4.78 is 2.14. The highest BCUT2D eigenvalue weighted by Crippen LogP contribution is 2.26. The van der Waals surface area contributed by atoms with Crippen LogP contribution >= 0.6 is 11.8 Å². The van der Waals surface area contributed by atoms with Crippen LogP contribution in [-0.2, 0) is 11.3 Å². The molecule has 0 amide bonds. The van der Waals surface area contributed by atoms with Crippen LogP contribution < -0.4 is 0 Å². The second kappa shape index (κ2) is 6.10. The van der Waals surface area contributed by atoms with Gasteiger partial charge < -0.3 is 9.67 Å². The number of hydrogen-bond acceptors (Lipinski definition) is 3. The fraction of sp³-hybridized carbons (Fsp3) is 0.429. The van der Waals surface area contributed by atoms with Crippen LogP contribution in [0.15, 0.2) is 23.4 Å². The number of carboxylic acids is 1. The van der Waals surface area contributed by atoms with E-state index in [4.69, 9.17) is 5.11 Å². The van der Waals surface area contributed by atoms with E-state index in [2.05, 4.69) is 22.5 Å². The summed E-state index contributed by atoms with van der Waals surface area (Å²) in [5.41, 5.74) is 3.21. The molecule has 1 aromatic heterocycles. The highest BCUT2D eigenvalue weighted by molar-refractivity contribution is 7.99. The molecule has 1 N–H and O–H groups in total. The first-order valence-corrected chi connectivity index (χ1v) is 7.42.